The van der Waals surface area contributed by atoms with Crippen LogP contribution in [0, 0.1) is 0 Å². The van der Waals surface area contributed by atoms with E-state index in [2.05, 4.69) is 9.47 Å². The van der Waals surface area contributed by atoms with Gasteiger partial charge in [0.25, 0.3) is 0 Å². The smallest absolute Gasteiger partial charge is 0.433 e. The molecule has 0 amide bonds. The van der Waals surface area contributed by atoms with Gasteiger partial charge in [0, 0.05) is 0 Å². The minimum Gasteiger partial charge on any atom is -0.433 e. The topological polar surface area (TPSA) is 35.5 Å². The Bertz CT molecular complexity index is 116. The van der Waals surface area contributed by atoms with Gasteiger partial charge in [0.1, 0.15) is 13.2 Å². The van der Waals surface area contributed by atoms with Crippen molar-refractivity contribution in [3.8, 4) is 0 Å². The van der Waals surface area contributed by atoms with Gasteiger partial charge in [-0.3, -0.25) is 0 Å². The van der Waals surface area contributed by atoms with Crippen LogP contribution in [0.5, 0.6) is 0 Å². The highest BCUT2D eigenvalue weighted by molar-refractivity contribution is 6.20. The van der Waals surface area contributed by atoms with Gasteiger partial charge >= 0.3 is 6.16 Å². The average Bonchev–Trinajstić information content (AvgIpc) is 1.97. The van der Waals surface area contributed by atoms with Crippen LogP contribution in [0.25, 0.3) is 0 Å². The highest BCUT2D eigenvalue weighted by Crippen LogP contribution is 1.95. The van der Waals surface area contributed by atoms with Gasteiger partial charge in [-0.2, -0.15) is 0 Å². The summed E-state index contributed by atoms with van der Waals surface area (Å²) in [5.41, 5.74) is 0. The molecule has 5 heteroatoms. The summed E-state index contributed by atoms with van der Waals surface area (Å²) in [6, 6.07) is 0. The second-order valence-electron chi connectivity index (χ2n) is 1.88. The molecule has 0 bridgehead atoms. The van der Waals surface area contributed by atoms with Crippen LogP contribution in [-0.4, -0.2) is 30.6 Å². The van der Waals surface area contributed by atoms with E-state index in [0.717, 1.165) is 0 Å². The van der Waals surface area contributed by atoms with Crippen molar-refractivity contribution >= 4 is 29.4 Å². The third-order valence-electron chi connectivity index (χ3n) is 0.728. The van der Waals surface area contributed by atoms with Crippen LogP contribution >= 0.6 is 23.2 Å². The number of carbonyl (C=O) groups excluding carboxylic acids is 1. The second kappa shape index (κ2) is 6.55. The largest absolute Gasteiger partial charge is 0.508 e. The first-order chi connectivity index (χ1) is 5.16. The normalized spacial score (nSPS) is 12.3. The molecule has 1 atom stereocenters. The Labute approximate surface area is 75.6 Å². The van der Waals surface area contributed by atoms with Crippen LogP contribution < -0.4 is 0 Å². The highest BCUT2D eigenvalue weighted by atomic mass is 35.5. The molecule has 0 aromatic carbocycles. The molecule has 0 N–H and O–H groups in total. The van der Waals surface area contributed by atoms with Crippen LogP contribution in [-0.2, 0) is 9.47 Å². The van der Waals surface area contributed by atoms with E-state index in [1.54, 1.807) is 6.92 Å². The van der Waals surface area contributed by atoms with Gasteiger partial charge in [-0.25, -0.2) is 4.79 Å². The Morgan fingerprint density at radius 1 is 1.55 bits per heavy atom. The number of ether oxygens (including phenoxy) is 2. The fourth-order valence-electron chi connectivity index (χ4n) is 0.346. The predicted molar refractivity (Wildman–Crippen MR) is 43.3 cm³/mol. The van der Waals surface area contributed by atoms with Gasteiger partial charge in [-0.15, -0.1) is 23.2 Å². The van der Waals surface area contributed by atoms with Gasteiger partial charge in [-0.1, -0.05) is 0 Å². The van der Waals surface area contributed by atoms with E-state index in [9.17, 15) is 4.79 Å². The summed E-state index contributed by atoms with van der Waals surface area (Å²) in [4.78, 5) is 10.5. The van der Waals surface area contributed by atoms with Crippen molar-refractivity contribution < 1.29 is 14.3 Å². The molecule has 0 aromatic rings. The molecule has 0 aliphatic carbocycles. The molecular weight excluding hydrogens is 191 g/mol. The minimum absolute atomic E-state index is 0.155. The van der Waals surface area contributed by atoms with Gasteiger partial charge < -0.3 is 9.47 Å². The summed E-state index contributed by atoms with van der Waals surface area (Å²) in [5, 5.41) is -0.196. The van der Waals surface area contributed by atoms with Crippen LogP contribution in [0.4, 0.5) is 4.79 Å². The number of rotatable bonds is 4. The lowest BCUT2D eigenvalue weighted by atomic mass is 10.5. The van der Waals surface area contributed by atoms with Gasteiger partial charge in [-0.05, 0) is 6.92 Å². The SMILES string of the molecule is CC(Cl)COC(=O)OCCCl. The molecule has 66 valence electrons. The average molecular weight is 201 g/mol. The zero-order chi connectivity index (χ0) is 8.69. The molecule has 0 aliphatic heterocycles. The fourth-order valence-corrected chi connectivity index (χ4v) is 0.487. The molecule has 0 saturated heterocycles. The van der Waals surface area contributed by atoms with E-state index in [4.69, 9.17) is 23.2 Å². The Hall–Kier alpha value is -0.150. The third-order valence-corrected chi connectivity index (χ3v) is 1.01. The van der Waals surface area contributed by atoms with Gasteiger partial charge in [0.15, 0.2) is 0 Å². The molecule has 0 fully saturated rings. The predicted octanol–water partition coefficient (Wildman–Crippen LogP) is 2.01. The molecule has 0 saturated carbocycles. The summed E-state index contributed by atoms with van der Waals surface area (Å²) in [7, 11) is 0. The maximum atomic E-state index is 10.5. The summed E-state index contributed by atoms with van der Waals surface area (Å²) in [6.07, 6.45) is -0.724. The molecule has 0 radical (unpaired) electrons. The number of alkyl halides is 2. The number of carbonyl (C=O) groups is 1. The van der Waals surface area contributed by atoms with Crippen LogP contribution in [0.2, 0.25) is 0 Å². The first kappa shape index (κ1) is 10.8. The zero-order valence-electron chi connectivity index (χ0n) is 6.18. The van der Waals surface area contributed by atoms with Gasteiger partial charge in [0.05, 0.1) is 11.3 Å². The number of hydrogen-bond donors (Lipinski definition) is 0. The van der Waals surface area contributed by atoms with Crippen molar-refractivity contribution in [2.75, 3.05) is 19.1 Å². The van der Waals surface area contributed by atoms with Crippen molar-refractivity contribution in [2.24, 2.45) is 0 Å². The monoisotopic (exact) mass is 200 g/mol. The van der Waals surface area contributed by atoms with Crippen molar-refractivity contribution in [3.05, 3.63) is 0 Å². The van der Waals surface area contributed by atoms with E-state index >= 15 is 0 Å². The van der Waals surface area contributed by atoms with E-state index in [1.165, 1.54) is 0 Å². The first-order valence-electron chi connectivity index (χ1n) is 3.16. The summed E-state index contributed by atoms with van der Waals surface area (Å²) in [6.45, 7) is 2.04. The molecule has 0 heterocycles. The van der Waals surface area contributed by atoms with E-state index in [0.29, 0.717) is 0 Å². The van der Waals surface area contributed by atoms with E-state index in [-0.39, 0.29) is 24.5 Å². The zero-order valence-corrected chi connectivity index (χ0v) is 7.69. The van der Waals surface area contributed by atoms with Crippen LogP contribution in [0.15, 0.2) is 0 Å². The Balaban J connectivity index is 3.23. The molecule has 11 heavy (non-hydrogen) atoms. The van der Waals surface area contributed by atoms with E-state index in [1.807, 2.05) is 0 Å². The van der Waals surface area contributed by atoms with Crippen molar-refractivity contribution in [1.82, 2.24) is 0 Å². The maximum Gasteiger partial charge on any atom is 0.508 e. The van der Waals surface area contributed by atoms with Crippen LogP contribution in [0.1, 0.15) is 6.92 Å². The van der Waals surface area contributed by atoms with E-state index < -0.39 is 6.16 Å². The molecule has 0 rings (SSSR count). The molecule has 0 spiro atoms. The number of halogens is 2. The lowest BCUT2D eigenvalue weighted by Gasteiger charge is -2.05. The van der Waals surface area contributed by atoms with Crippen molar-refractivity contribution in [3.63, 3.8) is 0 Å². The first-order valence-corrected chi connectivity index (χ1v) is 4.13. The van der Waals surface area contributed by atoms with Gasteiger partial charge in [0.2, 0.25) is 0 Å². The Kier molecular flexibility index (Phi) is 6.46. The lowest BCUT2D eigenvalue weighted by Crippen LogP contribution is -2.13. The minimum atomic E-state index is -0.724. The molecular formula is C6H10Cl2O3. The quantitative estimate of drug-likeness (QED) is 0.515. The molecule has 0 aliphatic rings. The molecule has 1 unspecified atom stereocenters. The number of hydrogen-bond acceptors (Lipinski definition) is 3. The second-order valence-corrected chi connectivity index (χ2v) is 3.00. The summed E-state index contributed by atoms with van der Waals surface area (Å²) < 4.78 is 9.04. The highest BCUT2D eigenvalue weighted by Gasteiger charge is 2.04. The van der Waals surface area contributed by atoms with Crippen molar-refractivity contribution in [1.29, 1.82) is 0 Å². The standard InChI is InChI=1S/C6H10Cl2O3/c1-5(8)4-11-6(9)10-3-2-7/h5H,2-4H2,1H3. The van der Waals surface area contributed by atoms with Crippen molar-refractivity contribution in [2.45, 2.75) is 12.3 Å². The molecule has 0 aromatic heterocycles. The lowest BCUT2D eigenvalue weighted by molar-refractivity contribution is 0.0603. The fraction of sp³-hybridized carbons (Fsp3) is 0.833. The third kappa shape index (κ3) is 7.75. The summed E-state index contributed by atoms with van der Waals surface area (Å²) >= 11 is 10.7. The summed E-state index contributed by atoms with van der Waals surface area (Å²) in [5.74, 6) is 0.269. The Morgan fingerprint density at radius 2 is 2.18 bits per heavy atom. The maximum absolute atomic E-state index is 10.5. The Morgan fingerprint density at radius 3 is 2.64 bits per heavy atom. The van der Waals surface area contributed by atoms with Crippen LogP contribution in [0.3, 0.4) is 0 Å². The molecule has 3 nitrogen and oxygen atoms in total.